The number of nitrogens with one attached hydrogen (secondary N) is 1. The van der Waals surface area contributed by atoms with Gasteiger partial charge in [-0.05, 0) is 38.5 Å². The largest absolute Gasteiger partial charge is 0.496 e. The molecule has 1 unspecified atom stereocenters. The number of nitrogens with zero attached hydrogens (tertiary/aromatic N) is 1. The second-order valence-corrected chi connectivity index (χ2v) is 5.78. The van der Waals surface area contributed by atoms with Gasteiger partial charge >= 0.3 is 0 Å². The van der Waals surface area contributed by atoms with Crippen molar-refractivity contribution in [3.8, 4) is 5.75 Å². The molecule has 1 aromatic heterocycles. The van der Waals surface area contributed by atoms with Crippen LogP contribution in [0.5, 0.6) is 5.75 Å². The van der Waals surface area contributed by atoms with E-state index in [9.17, 15) is 0 Å². The Morgan fingerprint density at radius 1 is 1.19 bits per heavy atom. The number of aromatic nitrogens is 1. The third-order valence-corrected chi connectivity index (χ3v) is 3.82. The molecule has 0 bridgehead atoms. The average molecular weight is 325 g/mol. The first-order valence-electron chi connectivity index (χ1n) is 6.66. The van der Waals surface area contributed by atoms with Gasteiger partial charge in [0.15, 0.2) is 5.15 Å². The lowest BCUT2D eigenvalue weighted by atomic mass is 10.0. The van der Waals surface area contributed by atoms with Gasteiger partial charge in [-0.15, -0.1) is 0 Å². The first kappa shape index (κ1) is 15.9. The van der Waals surface area contributed by atoms with Crippen LogP contribution < -0.4 is 10.1 Å². The van der Waals surface area contributed by atoms with Crippen molar-refractivity contribution in [1.29, 1.82) is 0 Å². The molecule has 0 spiro atoms. The summed E-state index contributed by atoms with van der Waals surface area (Å²) in [7, 11) is 1.67. The molecule has 3 nitrogen and oxygen atoms in total. The highest BCUT2D eigenvalue weighted by atomic mass is 35.5. The number of methoxy groups -OCH3 is 1. The Balaban J connectivity index is 2.34. The summed E-state index contributed by atoms with van der Waals surface area (Å²) in [4.78, 5) is 4.08. The van der Waals surface area contributed by atoms with Gasteiger partial charge in [-0.1, -0.05) is 40.9 Å². The molecule has 0 aliphatic rings. The summed E-state index contributed by atoms with van der Waals surface area (Å²) in [5, 5.41) is 4.16. The monoisotopic (exact) mass is 324 g/mol. The van der Waals surface area contributed by atoms with E-state index in [0.29, 0.717) is 10.3 Å². The fourth-order valence-corrected chi connectivity index (χ4v) is 2.84. The lowest BCUT2D eigenvalue weighted by Gasteiger charge is -2.20. The van der Waals surface area contributed by atoms with Crippen molar-refractivity contribution in [2.75, 3.05) is 12.4 Å². The molecular weight excluding hydrogens is 307 g/mol. The molecule has 2 rings (SSSR count). The average Bonchev–Trinajstić information content (AvgIpc) is 2.42. The standard InChI is InChI=1S/C16H18Cl2N2O/c1-9-5-6-13(21-4)12(7-9)11(3)19-15-10(2)8-14(17)20-16(15)18/h5-8,11,19H,1-4H3. The SMILES string of the molecule is COc1ccc(C)cc1C(C)Nc1c(C)cc(Cl)nc1Cl. The molecule has 1 atom stereocenters. The van der Waals surface area contributed by atoms with Crippen LogP contribution in [0.3, 0.4) is 0 Å². The lowest BCUT2D eigenvalue weighted by molar-refractivity contribution is 0.408. The number of anilines is 1. The quantitative estimate of drug-likeness (QED) is 0.786. The first-order valence-corrected chi connectivity index (χ1v) is 7.41. The van der Waals surface area contributed by atoms with Crippen molar-refractivity contribution < 1.29 is 4.74 Å². The van der Waals surface area contributed by atoms with Crippen LogP contribution in [0.4, 0.5) is 5.69 Å². The molecule has 112 valence electrons. The van der Waals surface area contributed by atoms with Crippen LogP contribution in [0, 0.1) is 13.8 Å². The number of halogens is 2. The molecule has 2 aromatic rings. The van der Waals surface area contributed by atoms with Crippen LogP contribution in [0.1, 0.15) is 29.7 Å². The van der Waals surface area contributed by atoms with Gasteiger partial charge in [0.1, 0.15) is 10.9 Å². The van der Waals surface area contributed by atoms with E-state index in [4.69, 9.17) is 27.9 Å². The molecule has 0 aliphatic carbocycles. The molecule has 0 aliphatic heterocycles. The first-order chi connectivity index (χ1) is 9.92. The Morgan fingerprint density at radius 3 is 2.52 bits per heavy atom. The summed E-state index contributed by atoms with van der Waals surface area (Å²) in [6.07, 6.45) is 0. The Kier molecular flexibility index (Phi) is 4.96. The number of pyridine rings is 1. The molecule has 0 amide bonds. The van der Waals surface area contributed by atoms with Crippen molar-refractivity contribution in [3.05, 3.63) is 51.3 Å². The molecule has 1 N–H and O–H groups in total. The van der Waals surface area contributed by atoms with E-state index in [2.05, 4.69) is 30.2 Å². The van der Waals surface area contributed by atoms with Crippen LogP contribution in [-0.4, -0.2) is 12.1 Å². The molecule has 5 heteroatoms. The van der Waals surface area contributed by atoms with E-state index in [1.807, 2.05) is 19.1 Å². The molecular formula is C16H18Cl2N2O. The predicted molar refractivity (Wildman–Crippen MR) is 88.8 cm³/mol. The third-order valence-electron chi connectivity index (χ3n) is 3.35. The highest BCUT2D eigenvalue weighted by molar-refractivity contribution is 6.34. The molecule has 0 saturated carbocycles. The second-order valence-electron chi connectivity index (χ2n) is 5.04. The van der Waals surface area contributed by atoms with E-state index in [-0.39, 0.29) is 6.04 Å². The summed E-state index contributed by atoms with van der Waals surface area (Å²) in [5.41, 5.74) is 4.00. The van der Waals surface area contributed by atoms with Gasteiger partial charge in [0.2, 0.25) is 0 Å². The number of ether oxygens (including phenoxy) is 1. The summed E-state index contributed by atoms with van der Waals surface area (Å²) in [5.74, 6) is 0.844. The maximum Gasteiger partial charge on any atom is 0.154 e. The van der Waals surface area contributed by atoms with E-state index in [0.717, 1.165) is 22.6 Å². The van der Waals surface area contributed by atoms with Crippen molar-refractivity contribution in [2.24, 2.45) is 0 Å². The fourth-order valence-electron chi connectivity index (χ4n) is 2.26. The minimum atomic E-state index is 0.0269. The zero-order valence-electron chi connectivity index (χ0n) is 12.5. The van der Waals surface area contributed by atoms with Crippen LogP contribution in [0.2, 0.25) is 10.3 Å². The Hall–Kier alpha value is -1.45. The summed E-state index contributed by atoms with van der Waals surface area (Å²) in [6, 6.07) is 7.91. The van der Waals surface area contributed by atoms with Gasteiger partial charge in [0.25, 0.3) is 0 Å². The minimum Gasteiger partial charge on any atom is -0.496 e. The van der Waals surface area contributed by atoms with Gasteiger partial charge in [0.05, 0.1) is 18.8 Å². The number of hydrogen-bond donors (Lipinski definition) is 1. The van der Waals surface area contributed by atoms with E-state index in [1.165, 1.54) is 5.56 Å². The van der Waals surface area contributed by atoms with E-state index >= 15 is 0 Å². The van der Waals surface area contributed by atoms with Crippen molar-refractivity contribution in [1.82, 2.24) is 4.98 Å². The second kappa shape index (κ2) is 6.54. The third kappa shape index (κ3) is 3.60. The van der Waals surface area contributed by atoms with Crippen molar-refractivity contribution in [2.45, 2.75) is 26.8 Å². The highest BCUT2D eigenvalue weighted by Gasteiger charge is 2.15. The molecule has 1 aromatic carbocycles. The van der Waals surface area contributed by atoms with Crippen LogP contribution in [0.15, 0.2) is 24.3 Å². The van der Waals surface area contributed by atoms with E-state index < -0.39 is 0 Å². The smallest absolute Gasteiger partial charge is 0.154 e. The normalized spacial score (nSPS) is 12.1. The minimum absolute atomic E-state index is 0.0269. The maximum atomic E-state index is 6.18. The predicted octanol–water partition coefficient (Wildman–Crippen LogP) is 5.19. The van der Waals surface area contributed by atoms with Crippen LogP contribution in [0.25, 0.3) is 0 Å². The lowest BCUT2D eigenvalue weighted by Crippen LogP contribution is -2.10. The van der Waals surface area contributed by atoms with Crippen molar-refractivity contribution in [3.63, 3.8) is 0 Å². The summed E-state index contributed by atoms with van der Waals surface area (Å²) >= 11 is 12.1. The zero-order chi connectivity index (χ0) is 15.6. The topological polar surface area (TPSA) is 34.1 Å². The molecule has 0 saturated heterocycles. The number of rotatable bonds is 4. The molecule has 21 heavy (non-hydrogen) atoms. The Bertz CT molecular complexity index is 636. The molecule has 1 heterocycles. The summed E-state index contributed by atoms with van der Waals surface area (Å²) in [6.45, 7) is 6.06. The number of benzene rings is 1. The Morgan fingerprint density at radius 2 is 1.90 bits per heavy atom. The van der Waals surface area contributed by atoms with Crippen LogP contribution in [-0.2, 0) is 0 Å². The zero-order valence-corrected chi connectivity index (χ0v) is 14.0. The highest BCUT2D eigenvalue weighted by Crippen LogP contribution is 2.33. The number of hydrogen-bond acceptors (Lipinski definition) is 3. The van der Waals surface area contributed by atoms with Gasteiger partial charge in [-0.3, -0.25) is 0 Å². The molecule has 0 radical (unpaired) electrons. The molecule has 0 fully saturated rings. The van der Waals surface area contributed by atoms with Gasteiger partial charge in [-0.25, -0.2) is 4.98 Å². The van der Waals surface area contributed by atoms with E-state index in [1.54, 1.807) is 13.2 Å². The maximum absolute atomic E-state index is 6.18. The number of aryl methyl sites for hydroxylation is 2. The van der Waals surface area contributed by atoms with Crippen LogP contribution >= 0.6 is 23.2 Å². The van der Waals surface area contributed by atoms with Crippen molar-refractivity contribution >= 4 is 28.9 Å². The fraction of sp³-hybridized carbons (Fsp3) is 0.312. The summed E-state index contributed by atoms with van der Waals surface area (Å²) < 4.78 is 5.43. The van der Waals surface area contributed by atoms with Gasteiger partial charge in [0, 0.05) is 5.56 Å². The van der Waals surface area contributed by atoms with Gasteiger partial charge < -0.3 is 10.1 Å². The van der Waals surface area contributed by atoms with Gasteiger partial charge in [-0.2, -0.15) is 0 Å². The Labute approximate surface area is 135 Å².